The van der Waals surface area contributed by atoms with Gasteiger partial charge in [-0.3, -0.25) is 4.79 Å². The van der Waals surface area contributed by atoms with Gasteiger partial charge in [-0.05, 0) is 31.0 Å². The van der Waals surface area contributed by atoms with Crippen LogP contribution in [-0.2, 0) is 4.74 Å². The van der Waals surface area contributed by atoms with E-state index in [2.05, 4.69) is 8.75 Å². The molecule has 5 nitrogen and oxygen atoms in total. The zero-order valence-corrected chi connectivity index (χ0v) is 11.5. The lowest BCUT2D eigenvalue weighted by molar-refractivity contribution is 0.0362. The van der Waals surface area contributed by atoms with Gasteiger partial charge in [0, 0.05) is 31.9 Å². The number of aromatic nitrogens is 2. The van der Waals surface area contributed by atoms with E-state index >= 15 is 0 Å². The smallest absolute Gasteiger partial charge is 0.253 e. The summed E-state index contributed by atoms with van der Waals surface area (Å²) in [5, 5.41) is 0. The predicted molar refractivity (Wildman–Crippen MR) is 73.3 cm³/mol. The second-order valence-corrected chi connectivity index (χ2v) is 5.26. The minimum absolute atomic E-state index is 0.0433. The first kappa shape index (κ1) is 12.5. The molecule has 3 rings (SSSR count). The molecule has 6 heteroatoms. The number of ether oxygens (including phenoxy) is 1. The van der Waals surface area contributed by atoms with E-state index in [4.69, 9.17) is 4.74 Å². The lowest BCUT2D eigenvalue weighted by Gasteiger charge is -2.31. The molecule has 1 aromatic heterocycles. The molecule has 2 heterocycles. The topological polar surface area (TPSA) is 55.3 Å². The Balaban J connectivity index is 1.81. The number of carbonyl (C=O) groups is 1. The monoisotopic (exact) mass is 277 g/mol. The highest BCUT2D eigenvalue weighted by Crippen LogP contribution is 2.18. The summed E-state index contributed by atoms with van der Waals surface area (Å²) in [4.78, 5) is 14.3. The molecule has 19 heavy (non-hydrogen) atoms. The third-order valence-corrected chi connectivity index (χ3v) is 4.12. The molecule has 1 saturated heterocycles. The summed E-state index contributed by atoms with van der Waals surface area (Å²) in [7, 11) is 1.86. The summed E-state index contributed by atoms with van der Waals surface area (Å²) < 4.78 is 13.6. The third-order valence-electron chi connectivity index (χ3n) is 3.56. The van der Waals surface area contributed by atoms with Gasteiger partial charge in [-0.25, -0.2) is 0 Å². The first-order valence-corrected chi connectivity index (χ1v) is 7.06. The van der Waals surface area contributed by atoms with Crippen LogP contribution in [0.25, 0.3) is 11.0 Å². The Kier molecular flexibility index (Phi) is 3.44. The van der Waals surface area contributed by atoms with E-state index in [-0.39, 0.29) is 11.9 Å². The van der Waals surface area contributed by atoms with Gasteiger partial charge in [0.2, 0.25) is 0 Å². The van der Waals surface area contributed by atoms with E-state index in [9.17, 15) is 4.79 Å². The molecule has 1 amide bonds. The van der Waals surface area contributed by atoms with Gasteiger partial charge in [0.25, 0.3) is 5.91 Å². The van der Waals surface area contributed by atoms with Crippen LogP contribution in [0.2, 0.25) is 0 Å². The fourth-order valence-electron chi connectivity index (χ4n) is 2.36. The fourth-order valence-corrected chi connectivity index (χ4v) is 2.87. The number of benzene rings is 1. The zero-order valence-electron chi connectivity index (χ0n) is 10.7. The van der Waals surface area contributed by atoms with Crippen LogP contribution in [0.3, 0.4) is 0 Å². The van der Waals surface area contributed by atoms with Gasteiger partial charge < -0.3 is 9.64 Å². The van der Waals surface area contributed by atoms with Crippen LogP contribution in [0.15, 0.2) is 18.2 Å². The number of amides is 1. The standard InChI is InChI=1S/C13H15N3O2S/c1-16(10-4-6-18-7-5-10)13(17)9-2-3-11-12(8-9)15-19-14-11/h2-3,8,10H,4-7H2,1H3. The highest BCUT2D eigenvalue weighted by atomic mass is 32.1. The molecule has 0 radical (unpaired) electrons. The number of rotatable bonds is 2. The maximum absolute atomic E-state index is 12.4. The van der Waals surface area contributed by atoms with Crippen LogP contribution < -0.4 is 0 Å². The molecule has 1 fully saturated rings. The number of nitrogens with zero attached hydrogens (tertiary/aromatic N) is 3. The van der Waals surface area contributed by atoms with E-state index in [1.807, 2.05) is 30.1 Å². The van der Waals surface area contributed by atoms with E-state index in [1.54, 1.807) is 0 Å². The van der Waals surface area contributed by atoms with Crippen molar-refractivity contribution in [2.45, 2.75) is 18.9 Å². The number of fused-ring (bicyclic) bond motifs is 1. The van der Waals surface area contributed by atoms with Crippen molar-refractivity contribution >= 4 is 28.7 Å². The normalized spacial score (nSPS) is 16.7. The highest BCUT2D eigenvalue weighted by Gasteiger charge is 2.23. The van der Waals surface area contributed by atoms with Gasteiger partial charge in [0.15, 0.2) is 0 Å². The van der Waals surface area contributed by atoms with Crippen LogP contribution in [0.1, 0.15) is 23.2 Å². The molecule has 100 valence electrons. The lowest BCUT2D eigenvalue weighted by Crippen LogP contribution is -2.40. The van der Waals surface area contributed by atoms with Crippen LogP contribution in [0, 0.1) is 0 Å². The predicted octanol–water partition coefficient (Wildman–Crippen LogP) is 1.94. The molecule has 0 atom stereocenters. The van der Waals surface area contributed by atoms with Gasteiger partial charge >= 0.3 is 0 Å². The minimum Gasteiger partial charge on any atom is -0.381 e. The summed E-state index contributed by atoms with van der Waals surface area (Å²) in [5.74, 6) is 0.0433. The minimum atomic E-state index is 0.0433. The Morgan fingerprint density at radius 1 is 1.32 bits per heavy atom. The molecule has 2 aromatic rings. The Bertz CT molecular complexity index is 592. The molecule has 1 aliphatic rings. The Morgan fingerprint density at radius 2 is 2.05 bits per heavy atom. The number of carbonyl (C=O) groups excluding carboxylic acids is 1. The van der Waals surface area contributed by atoms with Crippen LogP contribution in [0.4, 0.5) is 0 Å². The average molecular weight is 277 g/mol. The van der Waals surface area contributed by atoms with Crippen LogP contribution >= 0.6 is 11.7 Å². The maximum Gasteiger partial charge on any atom is 0.253 e. The van der Waals surface area contributed by atoms with Crippen LogP contribution in [0.5, 0.6) is 0 Å². The molecule has 0 spiro atoms. The van der Waals surface area contributed by atoms with Gasteiger partial charge in [-0.15, -0.1) is 0 Å². The van der Waals surface area contributed by atoms with E-state index < -0.39 is 0 Å². The Morgan fingerprint density at radius 3 is 2.84 bits per heavy atom. The number of hydrogen-bond acceptors (Lipinski definition) is 5. The summed E-state index contributed by atoms with van der Waals surface area (Å²) in [6, 6.07) is 5.76. The summed E-state index contributed by atoms with van der Waals surface area (Å²) in [6.45, 7) is 1.47. The summed E-state index contributed by atoms with van der Waals surface area (Å²) >= 11 is 1.17. The summed E-state index contributed by atoms with van der Waals surface area (Å²) in [5.41, 5.74) is 2.31. The summed E-state index contributed by atoms with van der Waals surface area (Å²) in [6.07, 6.45) is 1.81. The Labute approximate surface area is 115 Å². The van der Waals surface area contributed by atoms with Gasteiger partial charge in [0.05, 0.1) is 11.7 Å². The lowest BCUT2D eigenvalue weighted by atomic mass is 10.1. The SMILES string of the molecule is CN(C(=O)c1ccc2nsnc2c1)C1CCOCC1. The third kappa shape index (κ3) is 2.46. The molecule has 1 aromatic carbocycles. The number of hydrogen-bond donors (Lipinski definition) is 0. The molecule has 1 aliphatic heterocycles. The van der Waals surface area contributed by atoms with E-state index in [0.717, 1.165) is 37.1 Å². The van der Waals surface area contributed by atoms with Gasteiger partial charge in [-0.2, -0.15) is 8.75 Å². The molecule has 0 N–H and O–H groups in total. The molecule has 0 unspecified atom stereocenters. The first-order valence-electron chi connectivity index (χ1n) is 6.33. The first-order chi connectivity index (χ1) is 9.25. The molecule has 0 bridgehead atoms. The van der Waals surface area contributed by atoms with Crippen molar-refractivity contribution in [2.75, 3.05) is 20.3 Å². The van der Waals surface area contributed by atoms with Gasteiger partial charge in [-0.1, -0.05) is 0 Å². The van der Waals surface area contributed by atoms with Crippen molar-refractivity contribution in [1.82, 2.24) is 13.6 Å². The molecular weight excluding hydrogens is 262 g/mol. The fraction of sp³-hybridized carbons (Fsp3) is 0.462. The average Bonchev–Trinajstić information content (AvgIpc) is 2.94. The second-order valence-electron chi connectivity index (χ2n) is 4.73. The van der Waals surface area contributed by atoms with E-state index in [1.165, 1.54) is 11.7 Å². The van der Waals surface area contributed by atoms with Gasteiger partial charge in [0.1, 0.15) is 11.0 Å². The van der Waals surface area contributed by atoms with E-state index in [0.29, 0.717) is 5.56 Å². The second kappa shape index (κ2) is 5.22. The largest absolute Gasteiger partial charge is 0.381 e. The van der Waals surface area contributed by atoms with Crippen LogP contribution in [-0.4, -0.2) is 45.9 Å². The maximum atomic E-state index is 12.4. The Hall–Kier alpha value is -1.53. The molecule has 0 saturated carbocycles. The van der Waals surface area contributed by atoms with Crippen molar-refractivity contribution in [2.24, 2.45) is 0 Å². The molecule has 0 aliphatic carbocycles. The van der Waals surface area contributed by atoms with Crippen molar-refractivity contribution in [1.29, 1.82) is 0 Å². The van der Waals surface area contributed by atoms with Crippen molar-refractivity contribution < 1.29 is 9.53 Å². The van der Waals surface area contributed by atoms with Crippen molar-refractivity contribution in [3.8, 4) is 0 Å². The van der Waals surface area contributed by atoms with Crippen molar-refractivity contribution in [3.63, 3.8) is 0 Å². The molecular formula is C13H15N3O2S. The highest BCUT2D eigenvalue weighted by molar-refractivity contribution is 7.00. The van der Waals surface area contributed by atoms with Crippen molar-refractivity contribution in [3.05, 3.63) is 23.8 Å². The quantitative estimate of drug-likeness (QED) is 0.842. The zero-order chi connectivity index (χ0) is 13.2.